The number of carbonyl (C=O) groups is 1. The lowest BCUT2D eigenvalue weighted by Gasteiger charge is -2.32. The number of aromatic nitrogens is 2. The second kappa shape index (κ2) is 10.1. The van der Waals surface area contributed by atoms with Gasteiger partial charge in [0.1, 0.15) is 0 Å². The number of amides is 2. The van der Waals surface area contributed by atoms with E-state index in [9.17, 15) is 4.79 Å². The maximum Gasteiger partial charge on any atom is 0.319 e. The molecule has 0 bridgehead atoms. The van der Waals surface area contributed by atoms with E-state index in [0.29, 0.717) is 6.54 Å². The van der Waals surface area contributed by atoms with E-state index in [4.69, 9.17) is 5.10 Å². The van der Waals surface area contributed by atoms with Crippen LogP contribution in [-0.4, -0.2) is 59.3 Å². The number of nitrogens with zero attached hydrogens (tertiary/aromatic N) is 3. The predicted octanol–water partition coefficient (Wildman–Crippen LogP) is 5.09. The third-order valence-corrected chi connectivity index (χ3v) is 8.24. The van der Waals surface area contributed by atoms with Crippen molar-refractivity contribution in [3.8, 4) is 22.5 Å². The van der Waals surface area contributed by atoms with E-state index in [1.165, 1.54) is 22.3 Å². The van der Waals surface area contributed by atoms with Gasteiger partial charge in [-0.25, -0.2) is 4.79 Å². The van der Waals surface area contributed by atoms with Crippen LogP contribution in [0.4, 0.5) is 10.5 Å². The molecule has 6 rings (SSSR count). The molecule has 2 aromatic heterocycles. The SMILES string of the molecule is Cc1cccc(NC(=O)NCc2cc(-c3n[nH]c4c3Cc3ccc(CN5CCN(C)CC5)cc3-4)cs2)c1. The molecule has 0 spiro atoms. The summed E-state index contributed by atoms with van der Waals surface area (Å²) < 4.78 is 0. The molecule has 1 aliphatic heterocycles. The number of H-pyrrole nitrogens is 1. The quantitative estimate of drug-likeness (QED) is 0.296. The molecule has 1 aliphatic carbocycles. The lowest BCUT2D eigenvalue weighted by Crippen LogP contribution is -2.43. The Morgan fingerprint density at radius 1 is 1.11 bits per heavy atom. The summed E-state index contributed by atoms with van der Waals surface area (Å²) in [6, 6.07) is 16.6. The van der Waals surface area contributed by atoms with Crippen molar-refractivity contribution in [1.29, 1.82) is 0 Å². The molecular weight excluding hydrogens is 480 g/mol. The van der Waals surface area contributed by atoms with Gasteiger partial charge >= 0.3 is 6.03 Å². The molecule has 2 amide bonds. The van der Waals surface area contributed by atoms with E-state index in [1.807, 2.05) is 31.2 Å². The lowest BCUT2D eigenvalue weighted by molar-refractivity contribution is 0.148. The van der Waals surface area contributed by atoms with Crippen molar-refractivity contribution in [2.45, 2.75) is 26.4 Å². The molecule has 7 nitrogen and oxygen atoms in total. The van der Waals surface area contributed by atoms with E-state index < -0.39 is 0 Å². The zero-order valence-electron chi connectivity index (χ0n) is 21.3. The Morgan fingerprint density at radius 2 is 1.97 bits per heavy atom. The molecule has 0 saturated carbocycles. The number of likely N-dealkylation sites (N-methyl/N-ethyl adjacent to an activating group) is 1. The van der Waals surface area contributed by atoms with E-state index in [1.54, 1.807) is 11.3 Å². The summed E-state index contributed by atoms with van der Waals surface area (Å²) in [7, 11) is 2.19. The highest BCUT2D eigenvalue weighted by Crippen LogP contribution is 2.41. The summed E-state index contributed by atoms with van der Waals surface area (Å²) in [5, 5.41) is 16.0. The van der Waals surface area contributed by atoms with Crippen LogP contribution in [0, 0.1) is 6.92 Å². The van der Waals surface area contributed by atoms with Crippen molar-refractivity contribution in [3.05, 3.63) is 81.0 Å². The lowest BCUT2D eigenvalue weighted by atomic mass is 10.0. The van der Waals surface area contributed by atoms with Gasteiger partial charge in [-0.1, -0.05) is 24.3 Å². The maximum atomic E-state index is 12.3. The third kappa shape index (κ3) is 5.18. The Hall–Kier alpha value is -3.46. The predicted molar refractivity (Wildman–Crippen MR) is 150 cm³/mol. The Kier molecular flexibility index (Phi) is 6.54. The summed E-state index contributed by atoms with van der Waals surface area (Å²) in [5.74, 6) is 0. The first kappa shape index (κ1) is 23.9. The first-order valence-electron chi connectivity index (χ1n) is 12.8. The molecule has 2 aromatic carbocycles. The number of hydrogen-bond acceptors (Lipinski definition) is 5. The Morgan fingerprint density at radius 3 is 2.81 bits per heavy atom. The summed E-state index contributed by atoms with van der Waals surface area (Å²) in [5.41, 5.74) is 10.4. The van der Waals surface area contributed by atoms with Gasteiger partial charge in [0, 0.05) is 71.8 Å². The Bertz CT molecular complexity index is 1430. The molecule has 4 aromatic rings. The molecule has 190 valence electrons. The number of rotatable bonds is 6. The van der Waals surface area contributed by atoms with Gasteiger partial charge in [0.15, 0.2) is 0 Å². The average Bonchev–Trinajstić information content (AvgIpc) is 3.60. The Balaban J connectivity index is 1.11. The molecular formula is C29H32N6OS. The summed E-state index contributed by atoms with van der Waals surface area (Å²) in [4.78, 5) is 18.4. The number of fused-ring (bicyclic) bond motifs is 3. The molecule has 1 saturated heterocycles. The fraction of sp³-hybridized carbons (Fsp3) is 0.310. The van der Waals surface area contributed by atoms with Gasteiger partial charge in [0.05, 0.1) is 17.9 Å². The maximum absolute atomic E-state index is 12.3. The van der Waals surface area contributed by atoms with Crippen LogP contribution in [0.5, 0.6) is 0 Å². The van der Waals surface area contributed by atoms with Crippen molar-refractivity contribution >= 4 is 23.1 Å². The first-order valence-corrected chi connectivity index (χ1v) is 13.7. The minimum absolute atomic E-state index is 0.205. The van der Waals surface area contributed by atoms with Gasteiger partial charge < -0.3 is 15.5 Å². The van der Waals surface area contributed by atoms with Crippen molar-refractivity contribution in [3.63, 3.8) is 0 Å². The molecule has 8 heteroatoms. The highest BCUT2D eigenvalue weighted by atomic mass is 32.1. The standard InChI is InChI=1S/C29H32N6OS/c1-19-4-3-5-23(12-19)31-29(36)30-16-24-14-22(18-37-24)27-26-15-21-7-6-20(13-25(21)28(26)33-32-27)17-35-10-8-34(2)9-11-35/h3-7,12-14,18H,8-11,15-17H2,1-2H3,(H,32,33)(H2,30,31,36). The van der Waals surface area contributed by atoms with Crippen molar-refractivity contribution < 1.29 is 4.79 Å². The minimum Gasteiger partial charge on any atom is -0.333 e. The number of aromatic amines is 1. The zero-order valence-corrected chi connectivity index (χ0v) is 22.1. The highest BCUT2D eigenvalue weighted by Gasteiger charge is 2.26. The fourth-order valence-electron chi connectivity index (χ4n) is 5.23. The minimum atomic E-state index is -0.205. The topological polar surface area (TPSA) is 76.3 Å². The third-order valence-electron chi connectivity index (χ3n) is 7.31. The molecule has 3 N–H and O–H groups in total. The second-order valence-corrected chi connectivity index (χ2v) is 11.1. The van der Waals surface area contributed by atoms with Gasteiger partial charge in [0.25, 0.3) is 0 Å². The van der Waals surface area contributed by atoms with Gasteiger partial charge in [0.2, 0.25) is 0 Å². The molecule has 0 unspecified atom stereocenters. The monoisotopic (exact) mass is 512 g/mol. The number of piperazine rings is 1. The van der Waals surface area contributed by atoms with E-state index in [-0.39, 0.29) is 6.03 Å². The summed E-state index contributed by atoms with van der Waals surface area (Å²) in [6.45, 7) is 7.99. The number of thiophene rings is 1. The van der Waals surface area contributed by atoms with Crippen molar-refractivity contribution in [2.75, 3.05) is 38.5 Å². The van der Waals surface area contributed by atoms with Crippen LogP contribution >= 0.6 is 11.3 Å². The van der Waals surface area contributed by atoms with Crippen LogP contribution in [0.3, 0.4) is 0 Å². The second-order valence-electron chi connectivity index (χ2n) is 10.2. The van der Waals surface area contributed by atoms with Gasteiger partial charge in [-0.2, -0.15) is 5.10 Å². The van der Waals surface area contributed by atoms with E-state index in [2.05, 4.69) is 62.2 Å². The van der Waals surface area contributed by atoms with Crippen LogP contribution in [0.25, 0.3) is 22.5 Å². The molecule has 0 radical (unpaired) electrons. The summed E-state index contributed by atoms with van der Waals surface area (Å²) in [6.07, 6.45) is 0.896. The number of carbonyl (C=O) groups excluding carboxylic acids is 1. The molecule has 3 heterocycles. The van der Waals surface area contributed by atoms with E-state index in [0.717, 1.165) is 72.2 Å². The number of benzene rings is 2. The highest BCUT2D eigenvalue weighted by molar-refractivity contribution is 7.10. The van der Waals surface area contributed by atoms with Gasteiger partial charge in [-0.15, -0.1) is 11.3 Å². The van der Waals surface area contributed by atoms with Crippen LogP contribution in [0.15, 0.2) is 53.9 Å². The first-order chi connectivity index (χ1) is 18.0. The smallest absolute Gasteiger partial charge is 0.319 e. The number of anilines is 1. The van der Waals surface area contributed by atoms with E-state index >= 15 is 0 Å². The number of nitrogens with one attached hydrogen (secondary N) is 3. The van der Waals surface area contributed by atoms with Crippen molar-refractivity contribution in [2.24, 2.45) is 0 Å². The number of urea groups is 1. The van der Waals surface area contributed by atoms with Crippen LogP contribution < -0.4 is 10.6 Å². The Labute approximate surface area is 221 Å². The number of aryl methyl sites for hydroxylation is 1. The molecule has 1 fully saturated rings. The largest absolute Gasteiger partial charge is 0.333 e. The molecule has 37 heavy (non-hydrogen) atoms. The fourth-order valence-corrected chi connectivity index (χ4v) is 6.03. The van der Waals surface area contributed by atoms with Gasteiger partial charge in [-0.05, 0) is 54.9 Å². The molecule has 0 atom stereocenters. The van der Waals surface area contributed by atoms with Crippen LogP contribution in [-0.2, 0) is 19.5 Å². The van der Waals surface area contributed by atoms with Crippen LogP contribution in [0.2, 0.25) is 0 Å². The summed E-state index contributed by atoms with van der Waals surface area (Å²) >= 11 is 1.64. The zero-order chi connectivity index (χ0) is 25.4. The molecule has 2 aliphatic rings. The van der Waals surface area contributed by atoms with Gasteiger partial charge in [-0.3, -0.25) is 10.00 Å². The number of hydrogen-bond donors (Lipinski definition) is 3. The van der Waals surface area contributed by atoms with Crippen molar-refractivity contribution in [1.82, 2.24) is 25.3 Å². The van der Waals surface area contributed by atoms with Crippen LogP contribution in [0.1, 0.15) is 27.1 Å². The average molecular weight is 513 g/mol. The normalized spacial score (nSPS) is 15.4.